The molecule has 0 fully saturated rings. The van der Waals surface area contributed by atoms with Crippen LogP contribution in [-0.4, -0.2) is 13.3 Å². The van der Waals surface area contributed by atoms with Crippen LogP contribution in [0.1, 0.15) is 5.56 Å². The molecule has 3 aromatic heterocycles. The molecular weight excluding hydrogens is 361 g/mol. The van der Waals surface area contributed by atoms with Gasteiger partial charge >= 0.3 is 142 Å². The van der Waals surface area contributed by atoms with Gasteiger partial charge < -0.3 is 0 Å². The van der Waals surface area contributed by atoms with Crippen molar-refractivity contribution in [3.8, 4) is 0 Å². The summed E-state index contributed by atoms with van der Waals surface area (Å²) in [7, 11) is 0. The second kappa shape index (κ2) is 6.45. The van der Waals surface area contributed by atoms with E-state index in [-0.39, 0.29) is 0 Å². The summed E-state index contributed by atoms with van der Waals surface area (Å²) in [4.78, 5) is 2.24. The van der Waals surface area contributed by atoms with Crippen LogP contribution >= 0.6 is 0 Å². The molecule has 4 rings (SSSR count). The van der Waals surface area contributed by atoms with Crippen LogP contribution in [-0.2, 0) is 0 Å². The van der Waals surface area contributed by atoms with Gasteiger partial charge in [-0.25, -0.2) is 0 Å². The zero-order valence-corrected chi connectivity index (χ0v) is 15.1. The third-order valence-electron chi connectivity index (χ3n) is 4.05. The summed E-state index contributed by atoms with van der Waals surface area (Å²) < 4.78 is 20.3. The summed E-state index contributed by atoms with van der Waals surface area (Å²) in [6.07, 6.45) is 7.25. The molecule has 0 aliphatic heterocycles. The zero-order valence-electron chi connectivity index (χ0n) is 13.0. The third-order valence-corrected chi connectivity index (χ3v) is 12.1. The Morgan fingerprint density at radius 1 is 0.583 bits per heavy atom. The van der Waals surface area contributed by atoms with Crippen LogP contribution in [0.2, 0.25) is 0 Å². The zero-order chi connectivity index (χ0) is 16.2. The molecule has 0 amide bonds. The fraction of sp³-hybridized carbons (Fsp3) is 0. The normalized spacial score (nSPS) is 12.0. The number of hydrogen-bond donors (Lipinski definition) is 0. The maximum atomic E-state index is 5.85. The first-order valence-corrected chi connectivity index (χ1v) is 12.1. The van der Waals surface area contributed by atoms with Gasteiger partial charge in [0.25, 0.3) is 0 Å². The van der Waals surface area contributed by atoms with E-state index < -0.39 is 13.3 Å². The molecule has 0 saturated carbocycles. The molecule has 24 heavy (non-hydrogen) atoms. The van der Waals surface area contributed by atoms with Crippen molar-refractivity contribution in [2.24, 2.45) is 0 Å². The Morgan fingerprint density at radius 3 is 1.50 bits per heavy atom. The van der Waals surface area contributed by atoms with E-state index >= 15 is 0 Å². The second-order valence-corrected chi connectivity index (χ2v) is 12.7. The van der Waals surface area contributed by atoms with E-state index in [9.17, 15) is 0 Å². The monoisotopic (exact) mass is 378 g/mol. The van der Waals surface area contributed by atoms with E-state index in [1.54, 1.807) is 18.8 Å². The van der Waals surface area contributed by atoms with Crippen molar-refractivity contribution >= 4 is 33.1 Å². The maximum absolute atomic E-state index is 5.85. The molecule has 4 heteroatoms. The third kappa shape index (κ3) is 2.57. The first kappa shape index (κ1) is 14.9. The van der Waals surface area contributed by atoms with E-state index in [0.717, 1.165) is 19.3 Å². The van der Waals surface area contributed by atoms with Crippen molar-refractivity contribution in [2.45, 2.75) is 0 Å². The Hall–Kier alpha value is -2.66. The van der Waals surface area contributed by atoms with Gasteiger partial charge in [-0.2, -0.15) is 0 Å². The van der Waals surface area contributed by atoms with Gasteiger partial charge in [0.1, 0.15) is 0 Å². The summed E-state index contributed by atoms with van der Waals surface area (Å²) in [5, 5.41) is 0. The molecule has 0 radical (unpaired) electrons. The summed E-state index contributed by atoms with van der Waals surface area (Å²) in [5.74, 6) is 0. The van der Waals surface area contributed by atoms with Crippen molar-refractivity contribution in [3.05, 3.63) is 96.0 Å². The van der Waals surface area contributed by atoms with E-state index in [2.05, 4.69) is 23.1 Å². The number of benzene rings is 1. The number of hydrogen-bond acceptors (Lipinski definition) is 3. The first-order valence-electron chi connectivity index (χ1n) is 7.76. The van der Waals surface area contributed by atoms with Crippen molar-refractivity contribution in [1.29, 1.82) is 0 Å². The predicted molar refractivity (Wildman–Crippen MR) is 96.3 cm³/mol. The number of furan rings is 3. The van der Waals surface area contributed by atoms with Crippen LogP contribution in [0.5, 0.6) is 0 Å². The molecule has 0 N–H and O–H groups in total. The Kier molecular flexibility index (Phi) is 4.01. The molecule has 0 bridgehead atoms. The molecule has 3 nitrogen and oxygen atoms in total. The van der Waals surface area contributed by atoms with Crippen LogP contribution in [0.4, 0.5) is 0 Å². The molecule has 0 saturated heterocycles. The van der Waals surface area contributed by atoms with Crippen LogP contribution in [0.15, 0.2) is 104 Å². The average molecular weight is 377 g/mol. The molecule has 0 atom stereocenters. The van der Waals surface area contributed by atoms with E-state index in [0.29, 0.717) is 0 Å². The first-order chi connectivity index (χ1) is 11.9. The van der Waals surface area contributed by atoms with Gasteiger partial charge in [0.05, 0.1) is 0 Å². The molecule has 3 heterocycles. The van der Waals surface area contributed by atoms with Crippen molar-refractivity contribution in [1.82, 2.24) is 0 Å². The molecule has 0 unspecified atom stereocenters. The molecule has 0 spiro atoms. The van der Waals surface area contributed by atoms with Crippen LogP contribution in [0.25, 0.3) is 6.08 Å². The Labute approximate surface area is 142 Å². The van der Waals surface area contributed by atoms with E-state index in [4.69, 9.17) is 13.3 Å². The minimum atomic E-state index is -3.29. The summed E-state index contributed by atoms with van der Waals surface area (Å²) in [6.45, 7) is 0. The second-order valence-electron chi connectivity index (χ2n) is 5.48. The Balaban J connectivity index is 1.93. The summed E-state index contributed by atoms with van der Waals surface area (Å²) in [5.41, 5.74) is 1.14. The predicted octanol–water partition coefficient (Wildman–Crippen LogP) is 3.19. The van der Waals surface area contributed by atoms with Crippen molar-refractivity contribution < 1.29 is 13.3 Å². The van der Waals surface area contributed by atoms with Crippen LogP contribution in [0, 0.1) is 0 Å². The van der Waals surface area contributed by atoms with E-state index in [1.165, 1.54) is 0 Å². The Morgan fingerprint density at radius 2 is 1.08 bits per heavy atom. The molecule has 0 aliphatic carbocycles. The van der Waals surface area contributed by atoms with Gasteiger partial charge in [0.2, 0.25) is 0 Å². The van der Waals surface area contributed by atoms with Gasteiger partial charge in [0.15, 0.2) is 0 Å². The SMILES string of the molecule is C(=[CH]\[Ge]([c]1ccco1)([c]1ccco1)[c]1ccco1)/c1ccccc1. The van der Waals surface area contributed by atoms with Crippen molar-refractivity contribution in [2.75, 3.05) is 0 Å². The molecule has 0 aliphatic rings. The summed E-state index contributed by atoms with van der Waals surface area (Å²) >= 11 is -3.29. The van der Waals surface area contributed by atoms with Gasteiger partial charge in [-0.05, 0) is 0 Å². The van der Waals surface area contributed by atoms with Crippen LogP contribution in [0.3, 0.4) is 0 Å². The summed E-state index contributed by atoms with van der Waals surface area (Å²) in [6, 6.07) is 22.0. The minimum absolute atomic E-state index is 0.923. The molecule has 4 aromatic rings. The molecular formula is C20H16GeO3. The fourth-order valence-electron chi connectivity index (χ4n) is 2.90. The average Bonchev–Trinajstić information content (AvgIpc) is 3.40. The van der Waals surface area contributed by atoms with Gasteiger partial charge in [-0.3, -0.25) is 0 Å². The Bertz CT molecular complexity index is 805. The fourth-order valence-corrected chi connectivity index (χ4v) is 10.3. The van der Waals surface area contributed by atoms with Gasteiger partial charge in [-0.15, -0.1) is 0 Å². The molecule has 118 valence electrons. The van der Waals surface area contributed by atoms with Crippen LogP contribution < -0.4 is 13.8 Å². The quantitative estimate of drug-likeness (QED) is 0.502. The molecule has 1 aromatic carbocycles. The topological polar surface area (TPSA) is 39.4 Å². The van der Waals surface area contributed by atoms with Crippen molar-refractivity contribution in [3.63, 3.8) is 0 Å². The van der Waals surface area contributed by atoms with E-state index in [1.807, 2.05) is 54.6 Å². The number of rotatable bonds is 5. The standard InChI is InChI=1S/C20H16GeO3/c1-2-7-17(8-3-1)12-13-21(18-9-4-14-22-18,19-10-5-15-23-19)20-11-6-16-24-20/h1-16H/b13-12+. The van der Waals surface area contributed by atoms with Gasteiger partial charge in [-0.1, -0.05) is 0 Å². The van der Waals surface area contributed by atoms with Gasteiger partial charge in [0, 0.05) is 0 Å².